The molecule has 0 fully saturated rings. The van der Waals surface area contributed by atoms with Crippen molar-refractivity contribution in [3.05, 3.63) is 12.4 Å². The Bertz CT molecular complexity index is 363. The number of nitrogens with two attached hydrogens (primary N) is 2. The summed E-state index contributed by atoms with van der Waals surface area (Å²) < 4.78 is 0. The summed E-state index contributed by atoms with van der Waals surface area (Å²) in [6, 6.07) is 0. The summed E-state index contributed by atoms with van der Waals surface area (Å²) in [4.78, 5) is 18.7. The van der Waals surface area contributed by atoms with Crippen molar-refractivity contribution in [2.45, 2.75) is 25.8 Å². The zero-order valence-corrected chi connectivity index (χ0v) is 8.82. The highest BCUT2D eigenvalue weighted by Crippen LogP contribution is 2.15. The van der Waals surface area contributed by atoms with Gasteiger partial charge in [-0.1, -0.05) is 0 Å². The molecule has 0 saturated carbocycles. The third-order valence-corrected chi connectivity index (χ3v) is 1.74. The van der Waals surface area contributed by atoms with Gasteiger partial charge in [0.2, 0.25) is 5.91 Å². The van der Waals surface area contributed by atoms with Crippen LogP contribution < -0.4 is 16.8 Å². The molecule has 0 aliphatic rings. The fourth-order valence-electron chi connectivity index (χ4n) is 1.27. The van der Waals surface area contributed by atoms with Gasteiger partial charge in [0.25, 0.3) is 0 Å². The average Bonchev–Trinajstić information content (AvgIpc) is 1.99. The first kappa shape index (κ1) is 11.2. The number of rotatable bonds is 4. The van der Waals surface area contributed by atoms with E-state index in [-0.39, 0.29) is 12.3 Å². The predicted molar refractivity (Wildman–Crippen MR) is 58.0 cm³/mol. The van der Waals surface area contributed by atoms with Crippen LogP contribution in [-0.2, 0) is 4.79 Å². The van der Waals surface area contributed by atoms with Crippen molar-refractivity contribution in [2.24, 2.45) is 5.73 Å². The number of anilines is 2. The normalized spacial score (nSPS) is 11.1. The molecule has 1 rings (SSSR count). The average molecular weight is 209 g/mol. The maximum absolute atomic E-state index is 10.8. The highest BCUT2D eigenvalue weighted by Gasteiger charge is 2.20. The van der Waals surface area contributed by atoms with E-state index in [4.69, 9.17) is 11.5 Å². The van der Waals surface area contributed by atoms with Crippen molar-refractivity contribution >= 4 is 17.5 Å². The van der Waals surface area contributed by atoms with Crippen molar-refractivity contribution in [1.82, 2.24) is 9.97 Å². The third kappa shape index (κ3) is 3.80. The highest BCUT2D eigenvalue weighted by atomic mass is 16.1. The van der Waals surface area contributed by atoms with Crippen LogP contribution in [0.5, 0.6) is 0 Å². The van der Waals surface area contributed by atoms with Crippen LogP contribution in [0.1, 0.15) is 20.3 Å². The van der Waals surface area contributed by atoms with E-state index in [2.05, 4.69) is 15.3 Å². The van der Waals surface area contributed by atoms with Gasteiger partial charge in [0.05, 0.1) is 12.4 Å². The van der Waals surface area contributed by atoms with Crippen molar-refractivity contribution in [2.75, 3.05) is 11.1 Å². The number of nitrogen functional groups attached to an aromatic ring is 1. The van der Waals surface area contributed by atoms with E-state index in [0.29, 0.717) is 11.6 Å². The zero-order chi connectivity index (χ0) is 11.5. The SMILES string of the molecule is CC(C)(CC(N)=O)Nc1cncc(N)n1. The molecule has 0 atom stereocenters. The molecular weight excluding hydrogens is 194 g/mol. The van der Waals surface area contributed by atoms with Crippen molar-refractivity contribution in [3.8, 4) is 0 Å². The van der Waals surface area contributed by atoms with Crippen LogP contribution >= 0.6 is 0 Å². The molecule has 5 N–H and O–H groups in total. The summed E-state index contributed by atoms with van der Waals surface area (Å²) >= 11 is 0. The van der Waals surface area contributed by atoms with Crippen molar-refractivity contribution in [3.63, 3.8) is 0 Å². The molecule has 0 aliphatic carbocycles. The molecule has 15 heavy (non-hydrogen) atoms. The first-order valence-electron chi connectivity index (χ1n) is 4.53. The lowest BCUT2D eigenvalue weighted by Crippen LogP contribution is -2.36. The van der Waals surface area contributed by atoms with Gasteiger partial charge in [0, 0.05) is 12.0 Å². The Kier molecular flexibility index (Phi) is 3.08. The molecule has 0 saturated heterocycles. The number of hydrogen-bond acceptors (Lipinski definition) is 5. The second-order valence-corrected chi connectivity index (χ2v) is 3.98. The maximum atomic E-state index is 10.8. The number of amides is 1. The van der Waals surface area contributed by atoms with E-state index >= 15 is 0 Å². The molecule has 0 spiro atoms. The lowest BCUT2D eigenvalue weighted by molar-refractivity contribution is -0.118. The summed E-state index contributed by atoms with van der Waals surface area (Å²) in [6.45, 7) is 3.70. The molecule has 1 aromatic heterocycles. The third-order valence-electron chi connectivity index (χ3n) is 1.74. The van der Waals surface area contributed by atoms with Crippen LogP contribution in [0.15, 0.2) is 12.4 Å². The monoisotopic (exact) mass is 209 g/mol. The standard InChI is InChI=1S/C9H15N5O/c1-9(2,3-7(11)15)14-8-5-12-4-6(10)13-8/h4-5H,3H2,1-2H3,(H2,11,15)(H3,10,13,14). The van der Waals surface area contributed by atoms with Gasteiger partial charge in [-0.15, -0.1) is 0 Å². The summed E-state index contributed by atoms with van der Waals surface area (Å²) in [5, 5.41) is 3.04. The quantitative estimate of drug-likeness (QED) is 0.653. The molecule has 0 bridgehead atoms. The number of aromatic nitrogens is 2. The smallest absolute Gasteiger partial charge is 0.219 e. The Morgan fingerprint density at radius 2 is 2.20 bits per heavy atom. The molecule has 1 aromatic rings. The Morgan fingerprint density at radius 3 is 2.73 bits per heavy atom. The fourth-order valence-corrected chi connectivity index (χ4v) is 1.27. The topological polar surface area (TPSA) is 107 Å². The summed E-state index contributed by atoms with van der Waals surface area (Å²) in [5.41, 5.74) is 10.1. The number of carbonyl (C=O) groups excluding carboxylic acids is 1. The molecular formula is C9H15N5O. The zero-order valence-electron chi connectivity index (χ0n) is 8.82. The molecule has 1 amide bonds. The first-order valence-corrected chi connectivity index (χ1v) is 4.53. The van der Waals surface area contributed by atoms with Crippen LogP contribution in [0, 0.1) is 0 Å². The van der Waals surface area contributed by atoms with E-state index in [1.54, 1.807) is 6.20 Å². The lowest BCUT2D eigenvalue weighted by atomic mass is 10.0. The summed E-state index contributed by atoms with van der Waals surface area (Å²) in [6.07, 6.45) is 3.20. The Hall–Kier alpha value is -1.85. The van der Waals surface area contributed by atoms with Gasteiger partial charge in [0.15, 0.2) is 0 Å². The minimum absolute atomic E-state index is 0.212. The number of primary amides is 1. The van der Waals surface area contributed by atoms with E-state index in [9.17, 15) is 4.79 Å². The van der Waals surface area contributed by atoms with Crippen LogP contribution in [0.2, 0.25) is 0 Å². The predicted octanol–water partition coefficient (Wildman–Crippen LogP) is 0.125. The van der Waals surface area contributed by atoms with E-state index in [0.717, 1.165) is 0 Å². The molecule has 6 heteroatoms. The largest absolute Gasteiger partial charge is 0.382 e. The fraction of sp³-hybridized carbons (Fsp3) is 0.444. The van der Waals surface area contributed by atoms with Gasteiger partial charge in [0.1, 0.15) is 11.6 Å². The highest BCUT2D eigenvalue weighted by molar-refractivity contribution is 5.75. The lowest BCUT2D eigenvalue weighted by Gasteiger charge is -2.25. The first-order chi connectivity index (χ1) is 6.89. The Balaban J connectivity index is 2.72. The number of nitrogens with zero attached hydrogens (tertiary/aromatic N) is 2. The minimum atomic E-state index is -0.464. The van der Waals surface area contributed by atoms with E-state index < -0.39 is 5.54 Å². The van der Waals surface area contributed by atoms with Crippen LogP contribution in [0.3, 0.4) is 0 Å². The van der Waals surface area contributed by atoms with E-state index in [1.807, 2.05) is 13.8 Å². The Labute approximate surface area is 88.1 Å². The summed E-state index contributed by atoms with van der Waals surface area (Å²) in [7, 11) is 0. The molecule has 1 heterocycles. The summed E-state index contributed by atoms with van der Waals surface area (Å²) in [5.74, 6) is 0.487. The van der Waals surface area contributed by atoms with Gasteiger partial charge < -0.3 is 16.8 Å². The number of hydrogen-bond donors (Lipinski definition) is 3. The number of nitrogens with one attached hydrogen (secondary N) is 1. The van der Waals surface area contributed by atoms with Gasteiger partial charge in [-0.3, -0.25) is 9.78 Å². The molecule has 6 nitrogen and oxygen atoms in total. The van der Waals surface area contributed by atoms with Gasteiger partial charge in [-0.2, -0.15) is 0 Å². The van der Waals surface area contributed by atoms with Crippen molar-refractivity contribution < 1.29 is 4.79 Å². The second kappa shape index (κ2) is 4.12. The molecule has 0 aromatic carbocycles. The molecule has 0 unspecified atom stereocenters. The van der Waals surface area contributed by atoms with Gasteiger partial charge in [-0.05, 0) is 13.8 Å². The molecule has 0 aliphatic heterocycles. The maximum Gasteiger partial charge on any atom is 0.219 e. The van der Waals surface area contributed by atoms with Gasteiger partial charge in [-0.25, -0.2) is 4.98 Å². The van der Waals surface area contributed by atoms with E-state index in [1.165, 1.54) is 6.20 Å². The van der Waals surface area contributed by atoms with Crippen molar-refractivity contribution in [1.29, 1.82) is 0 Å². The van der Waals surface area contributed by atoms with Crippen LogP contribution in [-0.4, -0.2) is 21.4 Å². The minimum Gasteiger partial charge on any atom is -0.382 e. The van der Waals surface area contributed by atoms with Crippen LogP contribution in [0.4, 0.5) is 11.6 Å². The Morgan fingerprint density at radius 1 is 1.53 bits per heavy atom. The van der Waals surface area contributed by atoms with Gasteiger partial charge >= 0.3 is 0 Å². The second-order valence-electron chi connectivity index (χ2n) is 3.98. The number of carbonyl (C=O) groups is 1. The van der Waals surface area contributed by atoms with Crippen LogP contribution in [0.25, 0.3) is 0 Å². The molecule has 82 valence electrons. The molecule has 0 radical (unpaired) electrons.